The Balaban J connectivity index is 1.84. The van der Waals surface area contributed by atoms with E-state index in [0.717, 1.165) is 31.1 Å². The van der Waals surface area contributed by atoms with Crippen molar-refractivity contribution in [2.75, 3.05) is 0 Å². The van der Waals surface area contributed by atoms with Gasteiger partial charge in [-0.2, -0.15) is 0 Å². The average Bonchev–Trinajstić information content (AvgIpc) is 3.11. The molecule has 0 saturated heterocycles. The first kappa shape index (κ1) is 11.9. The van der Waals surface area contributed by atoms with E-state index < -0.39 is 5.97 Å². The Morgan fingerprint density at radius 3 is 2.25 bits per heavy atom. The van der Waals surface area contributed by atoms with E-state index in [4.69, 9.17) is 0 Å². The number of hydrogen-bond acceptors (Lipinski definition) is 2. The molecular formula is C13H23NO2. The summed E-state index contributed by atoms with van der Waals surface area (Å²) in [6, 6.07) is 0.184. The summed E-state index contributed by atoms with van der Waals surface area (Å²) in [4.78, 5) is 11.2. The smallest absolute Gasteiger partial charge is 0.320 e. The molecule has 92 valence electrons. The lowest BCUT2D eigenvalue weighted by Crippen LogP contribution is -2.45. The van der Waals surface area contributed by atoms with Crippen LogP contribution in [-0.4, -0.2) is 23.2 Å². The molecule has 2 rings (SSSR count). The fourth-order valence-electron chi connectivity index (χ4n) is 2.49. The van der Waals surface area contributed by atoms with Crippen molar-refractivity contribution in [2.45, 2.75) is 64.0 Å². The molecule has 16 heavy (non-hydrogen) atoms. The Kier molecular flexibility index (Phi) is 3.85. The standard InChI is InChI=1S/C13H23NO2/c1-2-3-4-11(13(15)16)14-12(9-5-6-9)10-7-8-10/h9-12,14H,2-8H2,1H3,(H,15,16). The Morgan fingerprint density at radius 1 is 1.31 bits per heavy atom. The third-order valence-corrected chi connectivity index (χ3v) is 3.80. The molecule has 2 fully saturated rings. The lowest BCUT2D eigenvalue weighted by Gasteiger charge is -2.23. The lowest BCUT2D eigenvalue weighted by atomic mass is 10.0. The predicted molar refractivity (Wildman–Crippen MR) is 63.3 cm³/mol. The van der Waals surface area contributed by atoms with Gasteiger partial charge < -0.3 is 10.4 Å². The number of carbonyl (C=O) groups is 1. The van der Waals surface area contributed by atoms with Gasteiger partial charge in [0.25, 0.3) is 0 Å². The third kappa shape index (κ3) is 3.21. The van der Waals surface area contributed by atoms with Gasteiger partial charge in [-0.25, -0.2) is 0 Å². The minimum absolute atomic E-state index is 0.314. The normalized spacial score (nSPS) is 22.4. The lowest BCUT2D eigenvalue weighted by molar-refractivity contribution is -0.140. The predicted octanol–water partition coefficient (Wildman–Crippen LogP) is 2.41. The molecule has 3 nitrogen and oxygen atoms in total. The van der Waals surface area contributed by atoms with Gasteiger partial charge in [0.2, 0.25) is 0 Å². The molecular weight excluding hydrogens is 202 g/mol. The molecule has 0 bridgehead atoms. The van der Waals surface area contributed by atoms with Crippen LogP contribution < -0.4 is 5.32 Å². The topological polar surface area (TPSA) is 49.3 Å². The van der Waals surface area contributed by atoms with Gasteiger partial charge in [0.05, 0.1) is 0 Å². The van der Waals surface area contributed by atoms with Crippen LogP contribution in [0, 0.1) is 11.8 Å². The molecule has 3 heteroatoms. The molecule has 0 spiro atoms. The van der Waals surface area contributed by atoms with Crippen LogP contribution in [0.2, 0.25) is 0 Å². The zero-order chi connectivity index (χ0) is 11.5. The van der Waals surface area contributed by atoms with E-state index in [2.05, 4.69) is 12.2 Å². The van der Waals surface area contributed by atoms with Crippen molar-refractivity contribution in [3.8, 4) is 0 Å². The Hall–Kier alpha value is -0.570. The minimum Gasteiger partial charge on any atom is -0.480 e. The first-order chi connectivity index (χ1) is 7.72. The molecule has 0 aromatic carbocycles. The van der Waals surface area contributed by atoms with E-state index in [1.54, 1.807) is 0 Å². The maximum Gasteiger partial charge on any atom is 0.320 e. The van der Waals surface area contributed by atoms with E-state index in [9.17, 15) is 9.90 Å². The average molecular weight is 225 g/mol. The summed E-state index contributed by atoms with van der Waals surface area (Å²) in [6.07, 6.45) is 8.06. The first-order valence-electron chi connectivity index (χ1n) is 6.71. The Bertz CT molecular complexity index is 234. The minimum atomic E-state index is -0.667. The molecule has 2 saturated carbocycles. The van der Waals surface area contributed by atoms with E-state index in [1.807, 2.05) is 0 Å². The zero-order valence-corrected chi connectivity index (χ0v) is 10.1. The first-order valence-corrected chi connectivity index (χ1v) is 6.71. The highest BCUT2D eigenvalue weighted by Crippen LogP contribution is 2.44. The molecule has 0 radical (unpaired) electrons. The number of rotatable bonds is 8. The van der Waals surface area contributed by atoms with Crippen molar-refractivity contribution in [3.05, 3.63) is 0 Å². The summed E-state index contributed by atoms with van der Waals surface area (Å²) in [5, 5.41) is 12.6. The highest BCUT2D eigenvalue weighted by Gasteiger charge is 2.42. The second kappa shape index (κ2) is 5.17. The van der Waals surface area contributed by atoms with Gasteiger partial charge in [0, 0.05) is 6.04 Å². The van der Waals surface area contributed by atoms with Crippen LogP contribution in [0.3, 0.4) is 0 Å². The van der Waals surface area contributed by atoms with Crippen molar-refractivity contribution < 1.29 is 9.90 Å². The quantitative estimate of drug-likeness (QED) is 0.667. The van der Waals surface area contributed by atoms with Crippen molar-refractivity contribution in [1.29, 1.82) is 0 Å². The zero-order valence-electron chi connectivity index (χ0n) is 10.1. The van der Waals surface area contributed by atoms with Crippen molar-refractivity contribution in [3.63, 3.8) is 0 Å². The number of unbranched alkanes of at least 4 members (excludes halogenated alkanes) is 1. The summed E-state index contributed by atoms with van der Waals surface area (Å²) in [7, 11) is 0. The summed E-state index contributed by atoms with van der Waals surface area (Å²) in [5.41, 5.74) is 0. The van der Waals surface area contributed by atoms with Crippen LogP contribution in [0.4, 0.5) is 0 Å². The monoisotopic (exact) mass is 225 g/mol. The maximum absolute atomic E-state index is 11.2. The van der Waals surface area contributed by atoms with Crippen LogP contribution in [0.15, 0.2) is 0 Å². The van der Waals surface area contributed by atoms with Crippen LogP contribution in [0.25, 0.3) is 0 Å². The van der Waals surface area contributed by atoms with Gasteiger partial charge in [-0.3, -0.25) is 4.79 Å². The summed E-state index contributed by atoms with van der Waals surface area (Å²) in [5.74, 6) is 0.881. The van der Waals surface area contributed by atoms with Gasteiger partial charge in [0.1, 0.15) is 6.04 Å². The molecule has 1 unspecified atom stereocenters. The number of aliphatic carboxylic acids is 1. The van der Waals surface area contributed by atoms with E-state index in [0.29, 0.717) is 6.04 Å². The Labute approximate surface area is 97.6 Å². The molecule has 0 aromatic rings. The number of nitrogens with one attached hydrogen (secondary N) is 1. The van der Waals surface area contributed by atoms with Crippen LogP contribution >= 0.6 is 0 Å². The van der Waals surface area contributed by atoms with Gasteiger partial charge >= 0.3 is 5.97 Å². The second-order valence-corrected chi connectivity index (χ2v) is 5.40. The summed E-state index contributed by atoms with van der Waals surface area (Å²) < 4.78 is 0. The molecule has 0 amide bonds. The van der Waals surface area contributed by atoms with E-state index in [-0.39, 0.29) is 6.04 Å². The molecule has 0 aliphatic heterocycles. The van der Waals surface area contributed by atoms with Crippen LogP contribution in [0.1, 0.15) is 51.9 Å². The van der Waals surface area contributed by atoms with Gasteiger partial charge in [-0.05, 0) is 43.9 Å². The largest absolute Gasteiger partial charge is 0.480 e. The van der Waals surface area contributed by atoms with E-state index >= 15 is 0 Å². The number of hydrogen-bond donors (Lipinski definition) is 2. The fourth-order valence-corrected chi connectivity index (χ4v) is 2.49. The number of carboxylic acid groups (broad SMARTS) is 1. The number of carboxylic acids is 1. The molecule has 2 N–H and O–H groups in total. The van der Waals surface area contributed by atoms with Gasteiger partial charge in [-0.1, -0.05) is 19.8 Å². The molecule has 2 aliphatic carbocycles. The highest BCUT2D eigenvalue weighted by molar-refractivity contribution is 5.73. The van der Waals surface area contributed by atoms with Gasteiger partial charge in [0.15, 0.2) is 0 Å². The van der Waals surface area contributed by atoms with E-state index in [1.165, 1.54) is 25.7 Å². The second-order valence-electron chi connectivity index (χ2n) is 5.40. The molecule has 0 heterocycles. The van der Waals surface area contributed by atoms with Crippen LogP contribution in [-0.2, 0) is 4.79 Å². The molecule has 1 atom stereocenters. The Morgan fingerprint density at radius 2 is 1.88 bits per heavy atom. The van der Waals surface area contributed by atoms with Crippen molar-refractivity contribution in [1.82, 2.24) is 5.32 Å². The van der Waals surface area contributed by atoms with Crippen molar-refractivity contribution >= 4 is 5.97 Å². The fraction of sp³-hybridized carbons (Fsp3) is 0.923. The van der Waals surface area contributed by atoms with Crippen LogP contribution in [0.5, 0.6) is 0 Å². The summed E-state index contributed by atoms with van der Waals surface area (Å²) >= 11 is 0. The van der Waals surface area contributed by atoms with Gasteiger partial charge in [-0.15, -0.1) is 0 Å². The highest BCUT2D eigenvalue weighted by atomic mass is 16.4. The SMILES string of the molecule is CCCCC(NC(C1CC1)C1CC1)C(=O)O. The third-order valence-electron chi connectivity index (χ3n) is 3.80. The van der Waals surface area contributed by atoms with Crippen molar-refractivity contribution in [2.24, 2.45) is 11.8 Å². The summed E-state index contributed by atoms with van der Waals surface area (Å²) in [6.45, 7) is 2.11. The maximum atomic E-state index is 11.2. The molecule has 0 aromatic heterocycles. The molecule has 2 aliphatic rings.